The number of rotatable bonds is 1. The van der Waals surface area contributed by atoms with Crippen LogP contribution in [-0.4, -0.2) is 11.2 Å². The zero-order chi connectivity index (χ0) is 15.1. The maximum Gasteiger partial charge on any atom is 0.0807 e. The first-order valence-corrected chi connectivity index (χ1v) is 7.79. The van der Waals surface area contributed by atoms with E-state index in [0.717, 1.165) is 19.3 Å². The molecule has 2 aliphatic rings. The molecule has 20 heavy (non-hydrogen) atoms. The zero-order valence-corrected chi connectivity index (χ0v) is 13.1. The molecule has 2 rings (SSSR count). The van der Waals surface area contributed by atoms with E-state index in [4.69, 9.17) is 0 Å². The number of hydrogen-bond acceptors (Lipinski definition) is 3. The highest BCUT2D eigenvalue weighted by atomic mass is 16.3. The van der Waals surface area contributed by atoms with Gasteiger partial charge in [-0.1, -0.05) is 13.8 Å². The fraction of sp³-hybridized carbons (Fsp3) is 0.882. The predicted molar refractivity (Wildman–Crippen MR) is 77.2 cm³/mol. The first kappa shape index (κ1) is 15.3. The second-order valence-corrected chi connectivity index (χ2v) is 7.67. The van der Waals surface area contributed by atoms with E-state index in [0.29, 0.717) is 18.3 Å². The van der Waals surface area contributed by atoms with Gasteiger partial charge in [0.05, 0.1) is 29.1 Å². The third-order valence-electron chi connectivity index (χ3n) is 6.13. The lowest BCUT2D eigenvalue weighted by atomic mass is 9.49. The van der Waals surface area contributed by atoms with Gasteiger partial charge in [0.1, 0.15) is 0 Å². The predicted octanol–water partition coefficient (Wildman–Crippen LogP) is 3.50. The fourth-order valence-corrected chi connectivity index (χ4v) is 4.60. The Balaban J connectivity index is 2.41. The van der Waals surface area contributed by atoms with Crippen LogP contribution in [0, 0.1) is 57.2 Å². The van der Waals surface area contributed by atoms with E-state index < -0.39 is 11.5 Å². The molecule has 0 aromatic carbocycles. The summed E-state index contributed by atoms with van der Waals surface area (Å²) in [5.41, 5.74) is -0.990. The average molecular weight is 274 g/mol. The van der Waals surface area contributed by atoms with Gasteiger partial charge in [0.2, 0.25) is 0 Å². The Morgan fingerprint density at radius 2 is 1.60 bits per heavy atom. The van der Waals surface area contributed by atoms with Crippen LogP contribution in [0.3, 0.4) is 0 Å². The van der Waals surface area contributed by atoms with Crippen molar-refractivity contribution in [3.63, 3.8) is 0 Å². The molecule has 110 valence electrons. The molecule has 0 unspecified atom stereocenters. The molecule has 2 saturated carbocycles. The van der Waals surface area contributed by atoms with E-state index in [1.807, 2.05) is 13.8 Å². The van der Waals surface area contributed by atoms with Crippen molar-refractivity contribution in [1.29, 1.82) is 10.5 Å². The molecule has 0 spiro atoms. The summed E-state index contributed by atoms with van der Waals surface area (Å²) in [6.07, 6.45) is 2.89. The summed E-state index contributed by atoms with van der Waals surface area (Å²) in [6.45, 7) is 8.32. The molecule has 0 saturated heterocycles. The molecule has 0 heterocycles. The molecular weight excluding hydrogens is 248 g/mol. The second-order valence-electron chi connectivity index (χ2n) is 7.67. The van der Waals surface area contributed by atoms with Crippen LogP contribution in [0.1, 0.15) is 53.4 Å². The van der Waals surface area contributed by atoms with E-state index in [2.05, 4.69) is 26.0 Å². The topological polar surface area (TPSA) is 67.8 Å². The Morgan fingerprint density at radius 1 is 1.05 bits per heavy atom. The van der Waals surface area contributed by atoms with Crippen molar-refractivity contribution >= 4 is 0 Å². The molecule has 2 fully saturated rings. The number of fused-ring (bicyclic) bond motifs is 1. The monoisotopic (exact) mass is 274 g/mol. The minimum absolute atomic E-state index is 0.0896. The van der Waals surface area contributed by atoms with Gasteiger partial charge in [-0.2, -0.15) is 10.5 Å². The highest BCUT2D eigenvalue weighted by Crippen LogP contribution is 2.57. The Bertz CT molecular complexity index is 461. The van der Waals surface area contributed by atoms with Crippen molar-refractivity contribution in [2.75, 3.05) is 0 Å². The molecule has 3 heteroatoms. The Kier molecular flexibility index (Phi) is 3.87. The molecule has 0 aliphatic heterocycles. The first-order valence-electron chi connectivity index (χ1n) is 7.79. The van der Waals surface area contributed by atoms with Gasteiger partial charge in [-0.15, -0.1) is 0 Å². The lowest BCUT2D eigenvalue weighted by molar-refractivity contribution is -0.120. The van der Waals surface area contributed by atoms with Gasteiger partial charge in [-0.05, 0) is 63.2 Å². The smallest absolute Gasteiger partial charge is 0.0807 e. The average Bonchev–Trinajstić information content (AvgIpc) is 2.43. The van der Waals surface area contributed by atoms with Crippen LogP contribution in [0.2, 0.25) is 0 Å². The summed E-state index contributed by atoms with van der Waals surface area (Å²) in [4.78, 5) is 0. The maximum atomic E-state index is 10.8. The van der Waals surface area contributed by atoms with Gasteiger partial charge in [0.25, 0.3) is 0 Å². The molecule has 6 atom stereocenters. The summed E-state index contributed by atoms with van der Waals surface area (Å²) in [5, 5.41) is 29.9. The van der Waals surface area contributed by atoms with Gasteiger partial charge in [-0.3, -0.25) is 0 Å². The van der Waals surface area contributed by atoms with Gasteiger partial charge in [0, 0.05) is 0 Å². The maximum absolute atomic E-state index is 10.8. The minimum atomic E-state index is -0.651. The van der Waals surface area contributed by atoms with Crippen LogP contribution >= 0.6 is 0 Å². The number of hydrogen-bond donors (Lipinski definition) is 1. The Labute approximate surface area is 122 Å². The van der Waals surface area contributed by atoms with Crippen molar-refractivity contribution in [2.45, 2.75) is 59.5 Å². The quantitative estimate of drug-likeness (QED) is 0.795. The van der Waals surface area contributed by atoms with Crippen molar-refractivity contribution in [3.05, 3.63) is 0 Å². The third kappa shape index (κ3) is 2.13. The van der Waals surface area contributed by atoms with Gasteiger partial charge < -0.3 is 5.11 Å². The van der Waals surface area contributed by atoms with E-state index >= 15 is 0 Å². The van der Waals surface area contributed by atoms with Crippen LogP contribution in [0.25, 0.3) is 0 Å². The summed E-state index contributed by atoms with van der Waals surface area (Å²) in [6, 6.07) is 4.85. The number of aliphatic hydroxyl groups is 1. The van der Waals surface area contributed by atoms with E-state index in [-0.39, 0.29) is 17.3 Å². The molecule has 1 N–H and O–H groups in total. The molecule has 0 aromatic heterocycles. The standard InChI is InChI=1S/C17H26N2O/c1-11(2)12-5-7-16(3,9-18)13-6-8-17(4,10-19)15(20)14(12)13/h11-15,20H,5-8H2,1-4H3/t12-,13+,14-,15-,16-,17+/m1/s1. The van der Waals surface area contributed by atoms with E-state index in [9.17, 15) is 15.6 Å². The molecule has 0 bridgehead atoms. The van der Waals surface area contributed by atoms with Crippen LogP contribution in [0.4, 0.5) is 0 Å². The van der Waals surface area contributed by atoms with Crippen LogP contribution in [-0.2, 0) is 0 Å². The van der Waals surface area contributed by atoms with Gasteiger partial charge >= 0.3 is 0 Å². The van der Waals surface area contributed by atoms with Crippen molar-refractivity contribution in [2.24, 2.45) is 34.5 Å². The summed E-state index contributed by atoms with van der Waals surface area (Å²) in [5.74, 6) is 1.22. The van der Waals surface area contributed by atoms with Crippen molar-refractivity contribution in [1.82, 2.24) is 0 Å². The second kappa shape index (κ2) is 5.05. The highest BCUT2D eigenvalue weighted by molar-refractivity contribution is 5.15. The van der Waals surface area contributed by atoms with Crippen molar-refractivity contribution in [3.8, 4) is 12.1 Å². The summed E-state index contributed by atoms with van der Waals surface area (Å²) >= 11 is 0. The summed E-state index contributed by atoms with van der Waals surface area (Å²) in [7, 11) is 0. The molecule has 0 amide bonds. The minimum Gasteiger partial charge on any atom is -0.391 e. The third-order valence-corrected chi connectivity index (χ3v) is 6.13. The zero-order valence-electron chi connectivity index (χ0n) is 13.1. The molecule has 0 radical (unpaired) electrons. The lowest BCUT2D eigenvalue weighted by Crippen LogP contribution is -2.55. The normalized spacial score (nSPS) is 48.2. The van der Waals surface area contributed by atoms with E-state index in [1.54, 1.807) is 0 Å². The number of nitriles is 2. The van der Waals surface area contributed by atoms with Crippen LogP contribution in [0.5, 0.6) is 0 Å². The van der Waals surface area contributed by atoms with Crippen LogP contribution in [0.15, 0.2) is 0 Å². The summed E-state index contributed by atoms with van der Waals surface area (Å²) < 4.78 is 0. The Hall–Kier alpha value is -1.06. The number of nitrogens with zero attached hydrogens (tertiary/aromatic N) is 2. The van der Waals surface area contributed by atoms with Gasteiger partial charge in [-0.25, -0.2) is 0 Å². The highest BCUT2D eigenvalue weighted by Gasteiger charge is 2.56. The Morgan fingerprint density at radius 3 is 2.10 bits per heavy atom. The SMILES string of the molecule is CC(C)[C@H]1CC[C@](C)(C#N)[C@H]2CC[C@@](C)(C#N)[C@H](O)[C@H]12. The van der Waals surface area contributed by atoms with E-state index in [1.165, 1.54) is 0 Å². The molecular formula is C17H26N2O. The van der Waals surface area contributed by atoms with Crippen molar-refractivity contribution < 1.29 is 5.11 Å². The molecule has 2 aliphatic carbocycles. The van der Waals surface area contributed by atoms with Gasteiger partial charge in [0.15, 0.2) is 0 Å². The molecule has 3 nitrogen and oxygen atoms in total. The first-order chi connectivity index (χ1) is 9.29. The fourth-order valence-electron chi connectivity index (χ4n) is 4.60. The largest absolute Gasteiger partial charge is 0.391 e. The van der Waals surface area contributed by atoms with Crippen LogP contribution < -0.4 is 0 Å². The lowest BCUT2D eigenvalue weighted by Gasteiger charge is -2.55. The molecule has 0 aromatic rings. The number of aliphatic hydroxyl groups excluding tert-OH is 1.